The first-order valence-electron chi connectivity index (χ1n) is 3.06. The molecule has 0 aliphatic rings. The third kappa shape index (κ3) is 1.27. The number of halogens is 2. The van der Waals surface area contributed by atoms with Crippen LogP contribution in [-0.4, -0.2) is 6.29 Å². The lowest BCUT2D eigenvalue weighted by Crippen LogP contribution is -1.94. The summed E-state index contributed by atoms with van der Waals surface area (Å²) in [6, 6.07) is 1.93. The summed E-state index contributed by atoms with van der Waals surface area (Å²) in [6.45, 7) is 1.36. The van der Waals surface area contributed by atoms with Crippen molar-refractivity contribution in [2.24, 2.45) is 0 Å². The highest BCUT2D eigenvalue weighted by Gasteiger charge is 2.07. The maximum Gasteiger partial charge on any atom is 0.153 e. The number of carbonyl (C=O) groups excluding carboxylic acids is 1. The normalized spacial score (nSPS) is 9.73. The van der Waals surface area contributed by atoms with Crippen molar-refractivity contribution < 1.29 is 13.6 Å². The second-order valence-electron chi connectivity index (χ2n) is 2.19. The Morgan fingerprint density at radius 2 is 1.82 bits per heavy atom. The largest absolute Gasteiger partial charge is 0.298 e. The van der Waals surface area contributed by atoms with E-state index in [2.05, 4.69) is 0 Å². The fourth-order valence-corrected chi connectivity index (χ4v) is 0.814. The Balaban J connectivity index is 3.40. The van der Waals surface area contributed by atoms with Crippen LogP contribution in [0.4, 0.5) is 8.78 Å². The predicted molar refractivity (Wildman–Crippen MR) is 36.5 cm³/mol. The van der Waals surface area contributed by atoms with Crippen LogP contribution in [0.3, 0.4) is 0 Å². The van der Waals surface area contributed by atoms with Gasteiger partial charge >= 0.3 is 0 Å². The summed E-state index contributed by atoms with van der Waals surface area (Å²) in [5, 5.41) is 0. The van der Waals surface area contributed by atoms with E-state index in [0.717, 1.165) is 12.1 Å². The van der Waals surface area contributed by atoms with Crippen LogP contribution < -0.4 is 0 Å². The smallest absolute Gasteiger partial charge is 0.153 e. The lowest BCUT2D eigenvalue weighted by molar-refractivity contribution is 0.111. The van der Waals surface area contributed by atoms with Crippen LogP contribution in [0.1, 0.15) is 15.9 Å². The van der Waals surface area contributed by atoms with Crippen LogP contribution in [0.5, 0.6) is 0 Å². The van der Waals surface area contributed by atoms with Crippen LogP contribution in [0.2, 0.25) is 0 Å². The van der Waals surface area contributed by atoms with E-state index in [-0.39, 0.29) is 11.1 Å². The van der Waals surface area contributed by atoms with Crippen LogP contribution >= 0.6 is 0 Å². The van der Waals surface area contributed by atoms with Gasteiger partial charge in [0.05, 0.1) is 5.56 Å². The van der Waals surface area contributed by atoms with Gasteiger partial charge in [-0.2, -0.15) is 0 Å². The first kappa shape index (κ1) is 7.85. The third-order valence-corrected chi connectivity index (χ3v) is 1.51. The first-order chi connectivity index (χ1) is 5.16. The molecule has 1 nitrogen and oxygen atoms in total. The number of carbonyl (C=O) groups is 1. The van der Waals surface area contributed by atoms with Gasteiger partial charge in [-0.15, -0.1) is 0 Å². The van der Waals surface area contributed by atoms with Crippen molar-refractivity contribution in [3.63, 3.8) is 0 Å². The highest BCUT2D eigenvalue weighted by Crippen LogP contribution is 2.13. The van der Waals surface area contributed by atoms with E-state index in [4.69, 9.17) is 0 Å². The molecule has 0 saturated heterocycles. The Labute approximate surface area is 62.7 Å². The number of hydrogen-bond donors (Lipinski definition) is 0. The standard InChI is InChI=1S/C8H6F2O/c1-5-6(4-11)8(10)3-2-7(5)9/h2-4H,1H3. The van der Waals surface area contributed by atoms with Crippen molar-refractivity contribution in [2.75, 3.05) is 0 Å². The minimum atomic E-state index is -0.682. The molecule has 11 heavy (non-hydrogen) atoms. The topological polar surface area (TPSA) is 17.1 Å². The van der Waals surface area contributed by atoms with Gasteiger partial charge in [0.2, 0.25) is 0 Å². The fourth-order valence-electron chi connectivity index (χ4n) is 0.814. The molecule has 1 aromatic rings. The van der Waals surface area contributed by atoms with Crippen LogP contribution in [0, 0.1) is 18.6 Å². The minimum Gasteiger partial charge on any atom is -0.298 e. The van der Waals surface area contributed by atoms with Gasteiger partial charge < -0.3 is 0 Å². The van der Waals surface area contributed by atoms with E-state index < -0.39 is 11.6 Å². The van der Waals surface area contributed by atoms with Crippen LogP contribution in [-0.2, 0) is 0 Å². The van der Waals surface area contributed by atoms with Crippen molar-refractivity contribution in [1.82, 2.24) is 0 Å². The van der Waals surface area contributed by atoms with Crippen LogP contribution in [0.15, 0.2) is 12.1 Å². The van der Waals surface area contributed by atoms with E-state index in [1.807, 2.05) is 0 Å². The van der Waals surface area contributed by atoms with Gasteiger partial charge in [-0.1, -0.05) is 0 Å². The maximum absolute atomic E-state index is 12.6. The molecular formula is C8H6F2O. The molecule has 0 saturated carbocycles. The van der Waals surface area contributed by atoms with Crippen molar-refractivity contribution in [2.45, 2.75) is 6.92 Å². The van der Waals surface area contributed by atoms with E-state index >= 15 is 0 Å². The molecule has 0 amide bonds. The van der Waals surface area contributed by atoms with Crippen molar-refractivity contribution >= 4 is 6.29 Å². The van der Waals surface area contributed by atoms with E-state index in [0.29, 0.717) is 6.29 Å². The molecule has 1 rings (SSSR count). The Morgan fingerprint density at radius 1 is 1.27 bits per heavy atom. The molecule has 3 heteroatoms. The molecule has 0 N–H and O–H groups in total. The number of benzene rings is 1. The van der Waals surface area contributed by atoms with Crippen LogP contribution in [0.25, 0.3) is 0 Å². The van der Waals surface area contributed by atoms with Gasteiger partial charge in [-0.25, -0.2) is 8.78 Å². The van der Waals surface area contributed by atoms with Gasteiger partial charge in [0, 0.05) is 0 Å². The van der Waals surface area contributed by atoms with Crippen molar-refractivity contribution in [1.29, 1.82) is 0 Å². The van der Waals surface area contributed by atoms with Gasteiger partial charge in [-0.3, -0.25) is 4.79 Å². The highest BCUT2D eigenvalue weighted by atomic mass is 19.1. The zero-order valence-corrected chi connectivity index (χ0v) is 5.90. The average molecular weight is 156 g/mol. The molecule has 0 atom stereocenters. The quantitative estimate of drug-likeness (QED) is 0.569. The Morgan fingerprint density at radius 3 is 2.27 bits per heavy atom. The van der Waals surface area contributed by atoms with Gasteiger partial charge in [0.25, 0.3) is 0 Å². The number of rotatable bonds is 1. The number of aldehydes is 1. The van der Waals surface area contributed by atoms with Gasteiger partial charge in [0.15, 0.2) is 6.29 Å². The molecule has 1 aromatic carbocycles. The summed E-state index contributed by atoms with van der Waals surface area (Å²) < 4.78 is 25.3. The van der Waals surface area contributed by atoms with Gasteiger partial charge in [-0.05, 0) is 24.6 Å². The zero-order chi connectivity index (χ0) is 8.43. The molecule has 0 fully saturated rings. The maximum atomic E-state index is 12.6. The molecule has 0 aliphatic carbocycles. The Bertz CT molecular complexity index is 294. The second-order valence-corrected chi connectivity index (χ2v) is 2.19. The second kappa shape index (κ2) is 2.78. The SMILES string of the molecule is Cc1c(F)ccc(F)c1C=O. The summed E-state index contributed by atoms with van der Waals surface area (Å²) in [7, 11) is 0. The lowest BCUT2D eigenvalue weighted by atomic mass is 10.1. The highest BCUT2D eigenvalue weighted by molar-refractivity contribution is 5.77. The molecule has 0 spiro atoms. The van der Waals surface area contributed by atoms with Crippen molar-refractivity contribution in [3.8, 4) is 0 Å². The predicted octanol–water partition coefficient (Wildman–Crippen LogP) is 2.09. The molecule has 0 aliphatic heterocycles. The minimum absolute atomic E-state index is 0.0556. The summed E-state index contributed by atoms with van der Waals surface area (Å²) in [5.41, 5.74) is -0.148. The number of hydrogen-bond acceptors (Lipinski definition) is 1. The van der Waals surface area contributed by atoms with E-state index in [1.54, 1.807) is 0 Å². The molecule has 0 bridgehead atoms. The fraction of sp³-hybridized carbons (Fsp3) is 0.125. The summed E-state index contributed by atoms with van der Waals surface area (Å²) in [5.74, 6) is -1.24. The van der Waals surface area contributed by atoms with Gasteiger partial charge in [0.1, 0.15) is 11.6 Å². The lowest BCUT2D eigenvalue weighted by Gasteiger charge is -1.99. The average Bonchev–Trinajstić information content (AvgIpc) is 1.99. The molecule has 0 unspecified atom stereocenters. The van der Waals surface area contributed by atoms with Crippen molar-refractivity contribution in [3.05, 3.63) is 34.9 Å². The van der Waals surface area contributed by atoms with E-state index in [1.165, 1.54) is 6.92 Å². The zero-order valence-electron chi connectivity index (χ0n) is 5.90. The first-order valence-corrected chi connectivity index (χ1v) is 3.06. The molecular weight excluding hydrogens is 150 g/mol. The van der Waals surface area contributed by atoms with E-state index in [9.17, 15) is 13.6 Å². The summed E-state index contributed by atoms with van der Waals surface area (Å²) in [4.78, 5) is 10.2. The Hall–Kier alpha value is -1.25. The molecule has 0 radical (unpaired) electrons. The molecule has 58 valence electrons. The third-order valence-electron chi connectivity index (χ3n) is 1.51. The monoisotopic (exact) mass is 156 g/mol. The molecule has 0 aromatic heterocycles. The molecule has 0 heterocycles. The summed E-state index contributed by atoms with van der Waals surface area (Å²) in [6.07, 6.45) is 0.313. The summed E-state index contributed by atoms with van der Waals surface area (Å²) >= 11 is 0. The Kier molecular flexibility index (Phi) is 1.98.